The number of benzene rings is 3. The number of cyclic esters (lactones) is 1. The van der Waals surface area contributed by atoms with E-state index in [1.807, 2.05) is 0 Å². The van der Waals surface area contributed by atoms with Crippen molar-refractivity contribution in [2.24, 2.45) is 4.99 Å². The first-order chi connectivity index (χ1) is 15.9. The number of carbonyl (C=O) groups is 3. The molecule has 0 saturated carbocycles. The van der Waals surface area contributed by atoms with Crippen LogP contribution in [0, 0.1) is 0 Å². The van der Waals surface area contributed by atoms with Gasteiger partial charge in [-0.05, 0) is 72.3 Å². The van der Waals surface area contributed by atoms with Crippen LogP contribution >= 0.6 is 11.6 Å². The number of nitrogens with zero attached hydrogens (tertiary/aromatic N) is 1. The number of nitrogens with one attached hydrogen (secondary N) is 1. The number of esters is 2. The summed E-state index contributed by atoms with van der Waals surface area (Å²) >= 11 is 5.83. The van der Waals surface area contributed by atoms with Crippen molar-refractivity contribution >= 4 is 47.1 Å². The number of hydrogen-bond acceptors (Lipinski definition) is 6. The Kier molecular flexibility index (Phi) is 6.33. The van der Waals surface area contributed by atoms with Crippen molar-refractivity contribution < 1.29 is 23.9 Å². The van der Waals surface area contributed by atoms with Crippen LogP contribution in [-0.2, 0) is 14.3 Å². The van der Waals surface area contributed by atoms with Gasteiger partial charge < -0.3 is 14.8 Å². The fraction of sp³-hybridized carbons (Fsp3) is 0.0400. The number of aliphatic imine (C=N–C) groups is 1. The van der Waals surface area contributed by atoms with Gasteiger partial charge in [0.25, 0.3) is 0 Å². The Morgan fingerprint density at radius 2 is 1.64 bits per heavy atom. The van der Waals surface area contributed by atoms with Gasteiger partial charge in [-0.15, -0.1) is 0 Å². The summed E-state index contributed by atoms with van der Waals surface area (Å²) in [6, 6.07) is 19.8. The molecule has 1 heterocycles. The second kappa shape index (κ2) is 9.50. The standard InChI is InChI=1S/C25H17ClN2O5/c1-15(29)27-20-10-6-17(7-11-20)23-28-22(25(31)33-23)14-16-2-12-21(13-3-16)32-24(30)18-4-8-19(26)9-5-18/h2-14H,1H3,(H,27,29)/b22-14-. The third-order valence-electron chi connectivity index (χ3n) is 4.55. The highest BCUT2D eigenvalue weighted by atomic mass is 35.5. The summed E-state index contributed by atoms with van der Waals surface area (Å²) in [4.78, 5) is 39.8. The number of halogens is 1. The summed E-state index contributed by atoms with van der Waals surface area (Å²) in [6.45, 7) is 1.42. The highest BCUT2D eigenvalue weighted by Gasteiger charge is 2.24. The zero-order valence-electron chi connectivity index (χ0n) is 17.4. The van der Waals surface area contributed by atoms with Gasteiger partial charge in [-0.25, -0.2) is 14.6 Å². The van der Waals surface area contributed by atoms with E-state index in [-0.39, 0.29) is 17.5 Å². The molecule has 0 aliphatic carbocycles. The Hall–Kier alpha value is -4.23. The first-order valence-corrected chi connectivity index (χ1v) is 10.2. The lowest BCUT2D eigenvalue weighted by Gasteiger charge is -2.05. The van der Waals surface area contributed by atoms with Crippen LogP contribution < -0.4 is 10.1 Å². The lowest BCUT2D eigenvalue weighted by atomic mass is 10.2. The van der Waals surface area contributed by atoms with Gasteiger partial charge in [0.1, 0.15) is 5.75 Å². The quantitative estimate of drug-likeness (QED) is 0.333. The summed E-state index contributed by atoms with van der Waals surface area (Å²) in [5.41, 5.74) is 2.43. The molecule has 4 rings (SSSR count). The van der Waals surface area contributed by atoms with Gasteiger partial charge in [-0.2, -0.15) is 0 Å². The molecule has 8 heteroatoms. The van der Waals surface area contributed by atoms with Crippen molar-refractivity contribution in [2.45, 2.75) is 6.92 Å². The first kappa shape index (κ1) is 22.0. The van der Waals surface area contributed by atoms with Crippen LogP contribution in [0.1, 0.15) is 28.4 Å². The summed E-state index contributed by atoms with van der Waals surface area (Å²) < 4.78 is 10.6. The van der Waals surface area contributed by atoms with E-state index in [1.54, 1.807) is 78.9 Å². The van der Waals surface area contributed by atoms with Crippen LogP contribution in [0.25, 0.3) is 6.08 Å². The van der Waals surface area contributed by atoms with Crippen LogP contribution in [0.5, 0.6) is 5.75 Å². The van der Waals surface area contributed by atoms with E-state index in [9.17, 15) is 14.4 Å². The fourth-order valence-electron chi connectivity index (χ4n) is 2.97. The minimum atomic E-state index is -0.575. The van der Waals surface area contributed by atoms with Crippen molar-refractivity contribution in [3.05, 3.63) is 100 Å². The average Bonchev–Trinajstić information content (AvgIpc) is 3.15. The van der Waals surface area contributed by atoms with Crippen LogP contribution in [0.15, 0.2) is 83.5 Å². The molecule has 0 bridgehead atoms. The Bertz CT molecular complexity index is 1280. The summed E-state index contributed by atoms with van der Waals surface area (Å²) in [7, 11) is 0. The molecule has 0 radical (unpaired) electrons. The van der Waals surface area contributed by atoms with Crippen molar-refractivity contribution in [1.29, 1.82) is 0 Å². The van der Waals surface area contributed by atoms with Crippen molar-refractivity contribution in [3.63, 3.8) is 0 Å². The van der Waals surface area contributed by atoms with Gasteiger partial charge in [0, 0.05) is 23.2 Å². The topological polar surface area (TPSA) is 94.1 Å². The second-order valence-corrected chi connectivity index (χ2v) is 7.50. The van der Waals surface area contributed by atoms with E-state index >= 15 is 0 Å². The fourth-order valence-corrected chi connectivity index (χ4v) is 3.10. The molecule has 164 valence electrons. The molecule has 33 heavy (non-hydrogen) atoms. The largest absolute Gasteiger partial charge is 0.423 e. The smallest absolute Gasteiger partial charge is 0.363 e. The number of anilines is 1. The zero-order valence-corrected chi connectivity index (χ0v) is 18.1. The minimum absolute atomic E-state index is 0.141. The van der Waals surface area contributed by atoms with E-state index in [1.165, 1.54) is 6.92 Å². The van der Waals surface area contributed by atoms with Gasteiger partial charge in [0.15, 0.2) is 5.70 Å². The van der Waals surface area contributed by atoms with Gasteiger partial charge in [-0.1, -0.05) is 23.7 Å². The summed E-state index contributed by atoms with van der Waals surface area (Å²) in [5, 5.41) is 3.20. The molecule has 3 aromatic rings. The van der Waals surface area contributed by atoms with E-state index < -0.39 is 11.9 Å². The molecule has 0 atom stereocenters. The SMILES string of the molecule is CC(=O)Nc1ccc(C2=N/C(=C\c3ccc(OC(=O)c4ccc(Cl)cc4)cc3)C(=O)O2)cc1. The molecule has 7 nitrogen and oxygen atoms in total. The molecule has 1 aliphatic rings. The number of amides is 1. The molecule has 1 N–H and O–H groups in total. The van der Waals surface area contributed by atoms with E-state index in [0.717, 1.165) is 0 Å². The molecule has 0 spiro atoms. The first-order valence-electron chi connectivity index (χ1n) is 9.86. The van der Waals surface area contributed by atoms with Crippen LogP contribution in [0.2, 0.25) is 5.02 Å². The number of ether oxygens (including phenoxy) is 2. The maximum absolute atomic E-state index is 12.2. The molecule has 1 amide bonds. The molecule has 0 aromatic heterocycles. The number of hydrogen-bond donors (Lipinski definition) is 1. The molecule has 0 saturated heterocycles. The lowest BCUT2D eigenvalue weighted by molar-refractivity contribution is -0.129. The second-order valence-electron chi connectivity index (χ2n) is 7.06. The van der Waals surface area contributed by atoms with E-state index in [2.05, 4.69) is 10.3 Å². The van der Waals surface area contributed by atoms with Crippen molar-refractivity contribution in [3.8, 4) is 5.75 Å². The van der Waals surface area contributed by atoms with Crippen LogP contribution in [0.4, 0.5) is 5.69 Å². The molecule has 1 aliphatic heterocycles. The average molecular weight is 461 g/mol. The Balaban J connectivity index is 1.45. The third kappa shape index (κ3) is 5.53. The summed E-state index contributed by atoms with van der Waals surface area (Å²) in [5.74, 6) is -0.725. The zero-order chi connectivity index (χ0) is 23.4. The highest BCUT2D eigenvalue weighted by Crippen LogP contribution is 2.22. The van der Waals surface area contributed by atoms with Crippen molar-refractivity contribution in [2.75, 3.05) is 5.32 Å². The molecular formula is C25H17ClN2O5. The number of carbonyl (C=O) groups excluding carboxylic acids is 3. The van der Waals surface area contributed by atoms with Gasteiger partial charge in [0.2, 0.25) is 11.8 Å². The molecule has 0 fully saturated rings. The van der Waals surface area contributed by atoms with Gasteiger partial charge in [-0.3, -0.25) is 4.79 Å². The maximum Gasteiger partial charge on any atom is 0.363 e. The molecular weight excluding hydrogens is 444 g/mol. The summed E-state index contributed by atoms with van der Waals surface area (Å²) in [6.07, 6.45) is 1.58. The lowest BCUT2D eigenvalue weighted by Crippen LogP contribution is -2.08. The van der Waals surface area contributed by atoms with E-state index in [4.69, 9.17) is 21.1 Å². The number of rotatable bonds is 5. The highest BCUT2D eigenvalue weighted by molar-refractivity contribution is 6.30. The normalized spacial score (nSPS) is 13.9. The van der Waals surface area contributed by atoms with E-state index in [0.29, 0.717) is 33.1 Å². The van der Waals surface area contributed by atoms with Gasteiger partial charge in [0.05, 0.1) is 5.56 Å². The molecule has 3 aromatic carbocycles. The Morgan fingerprint density at radius 1 is 0.970 bits per heavy atom. The van der Waals surface area contributed by atoms with Crippen molar-refractivity contribution in [1.82, 2.24) is 0 Å². The molecule has 0 unspecified atom stereocenters. The Morgan fingerprint density at radius 3 is 2.27 bits per heavy atom. The van der Waals surface area contributed by atoms with Crippen LogP contribution in [0.3, 0.4) is 0 Å². The monoisotopic (exact) mass is 460 g/mol. The predicted molar refractivity (Wildman–Crippen MR) is 124 cm³/mol. The predicted octanol–water partition coefficient (Wildman–Crippen LogP) is 4.86. The Labute approximate surface area is 194 Å². The minimum Gasteiger partial charge on any atom is -0.423 e. The maximum atomic E-state index is 12.2. The third-order valence-corrected chi connectivity index (χ3v) is 4.80. The van der Waals surface area contributed by atoms with Crippen LogP contribution in [-0.4, -0.2) is 23.7 Å². The van der Waals surface area contributed by atoms with Gasteiger partial charge >= 0.3 is 11.9 Å².